The van der Waals surface area contributed by atoms with Crippen LogP contribution in [0.25, 0.3) is 16.8 Å². The molecule has 0 bridgehead atoms. The van der Waals surface area contributed by atoms with Crippen molar-refractivity contribution in [3.8, 4) is 0 Å². The molecule has 4 heterocycles. The van der Waals surface area contributed by atoms with E-state index < -0.39 is 0 Å². The number of aromatic nitrogens is 5. The van der Waals surface area contributed by atoms with E-state index in [9.17, 15) is 4.79 Å². The summed E-state index contributed by atoms with van der Waals surface area (Å²) < 4.78 is 2.01. The summed E-state index contributed by atoms with van der Waals surface area (Å²) in [6.07, 6.45) is 8.86. The second-order valence-electron chi connectivity index (χ2n) is 6.65. The molecule has 1 saturated heterocycles. The topological polar surface area (TPSA) is 91.2 Å². The van der Waals surface area contributed by atoms with Gasteiger partial charge < -0.3 is 15.2 Å². The zero-order valence-electron chi connectivity index (χ0n) is 13.3. The molecule has 1 unspecified atom stereocenters. The zero-order chi connectivity index (χ0) is 16.1. The number of carbonyl (C=O) groups is 1. The van der Waals surface area contributed by atoms with Crippen LogP contribution in [0.3, 0.4) is 0 Å². The van der Waals surface area contributed by atoms with E-state index in [1.165, 1.54) is 6.42 Å². The monoisotopic (exact) mass is 325 g/mol. The first-order valence-corrected chi connectivity index (χ1v) is 8.55. The zero-order valence-corrected chi connectivity index (χ0v) is 13.3. The van der Waals surface area contributed by atoms with E-state index in [2.05, 4.69) is 25.5 Å². The molecule has 1 aliphatic heterocycles. The van der Waals surface area contributed by atoms with Crippen LogP contribution in [0.2, 0.25) is 0 Å². The number of urea groups is 1. The van der Waals surface area contributed by atoms with E-state index in [1.54, 1.807) is 6.20 Å². The molecule has 1 saturated carbocycles. The summed E-state index contributed by atoms with van der Waals surface area (Å²) in [6.45, 7) is 0.763. The number of nitrogens with zero attached hydrogens (tertiary/aromatic N) is 5. The molecular formula is C16H19N7O. The van der Waals surface area contributed by atoms with Crippen LogP contribution in [0.1, 0.15) is 44.0 Å². The van der Waals surface area contributed by atoms with Crippen LogP contribution in [-0.4, -0.2) is 48.1 Å². The first-order valence-electron chi connectivity index (χ1n) is 8.55. The third kappa shape index (κ3) is 1.98. The highest BCUT2D eigenvalue weighted by Crippen LogP contribution is 2.32. The second-order valence-corrected chi connectivity index (χ2v) is 6.65. The Labute approximate surface area is 138 Å². The summed E-state index contributed by atoms with van der Waals surface area (Å²) in [5, 5.41) is 11.8. The van der Waals surface area contributed by atoms with E-state index in [0.717, 1.165) is 49.2 Å². The predicted molar refractivity (Wildman–Crippen MR) is 87.5 cm³/mol. The van der Waals surface area contributed by atoms with Gasteiger partial charge in [0, 0.05) is 18.8 Å². The summed E-state index contributed by atoms with van der Waals surface area (Å²) in [7, 11) is 0. The molecule has 2 fully saturated rings. The van der Waals surface area contributed by atoms with Crippen molar-refractivity contribution in [1.29, 1.82) is 0 Å². The van der Waals surface area contributed by atoms with Gasteiger partial charge in [0.25, 0.3) is 0 Å². The van der Waals surface area contributed by atoms with Crippen LogP contribution in [0.5, 0.6) is 0 Å². The number of hydrogen-bond donors (Lipinski definition) is 2. The van der Waals surface area contributed by atoms with Gasteiger partial charge in [-0.1, -0.05) is 0 Å². The number of nitrogens with one attached hydrogen (secondary N) is 2. The molecule has 5 rings (SSSR count). The Hall–Kier alpha value is -2.64. The molecule has 2 amide bonds. The van der Waals surface area contributed by atoms with Gasteiger partial charge in [-0.2, -0.15) is 0 Å². The van der Waals surface area contributed by atoms with E-state index in [1.807, 2.05) is 21.6 Å². The Morgan fingerprint density at radius 1 is 1.25 bits per heavy atom. The van der Waals surface area contributed by atoms with Gasteiger partial charge in [0.15, 0.2) is 17.1 Å². The van der Waals surface area contributed by atoms with E-state index in [0.29, 0.717) is 11.7 Å². The largest absolute Gasteiger partial charge is 0.345 e. The Morgan fingerprint density at radius 2 is 2.17 bits per heavy atom. The van der Waals surface area contributed by atoms with Gasteiger partial charge in [0.05, 0.1) is 17.8 Å². The van der Waals surface area contributed by atoms with Crippen molar-refractivity contribution >= 4 is 22.8 Å². The van der Waals surface area contributed by atoms with E-state index in [4.69, 9.17) is 0 Å². The van der Waals surface area contributed by atoms with Crippen molar-refractivity contribution in [2.24, 2.45) is 0 Å². The predicted octanol–water partition coefficient (Wildman–Crippen LogP) is 2.00. The maximum Gasteiger partial charge on any atom is 0.318 e. The van der Waals surface area contributed by atoms with Gasteiger partial charge >= 0.3 is 6.03 Å². The van der Waals surface area contributed by atoms with Crippen molar-refractivity contribution < 1.29 is 4.79 Å². The highest BCUT2D eigenvalue weighted by molar-refractivity contribution is 5.76. The Kier molecular flexibility index (Phi) is 2.97. The van der Waals surface area contributed by atoms with Gasteiger partial charge in [0.2, 0.25) is 0 Å². The minimum atomic E-state index is -0.0411. The van der Waals surface area contributed by atoms with Crippen LogP contribution in [0, 0.1) is 0 Å². The normalized spacial score (nSPS) is 21.5. The number of carbonyl (C=O) groups excluding carboxylic acids is 1. The number of H-pyrrole nitrogens is 1. The lowest BCUT2D eigenvalue weighted by molar-refractivity contribution is 0.179. The molecule has 3 aromatic rings. The summed E-state index contributed by atoms with van der Waals surface area (Å²) in [5.41, 5.74) is 2.45. The molecule has 2 aliphatic rings. The first-order chi connectivity index (χ1) is 11.8. The van der Waals surface area contributed by atoms with E-state index >= 15 is 0 Å². The number of fused-ring (bicyclic) bond motifs is 3. The quantitative estimate of drug-likeness (QED) is 0.754. The number of amides is 2. The minimum absolute atomic E-state index is 0.0262. The van der Waals surface area contributed by atoms with Crippen molar-refractivity contribution in [2.75, 3.05) is 6.54 Å². The minimum Gasteiger partial charge on any atom is -0.345 e. The molecule has 0 radical (unpaired) electrons. The van der Waals surface area contributed by atoms with Crippen LogP contribution in [-0.2, 0) is 0 Å². The van der Waals surface area contributed by atoms with Gasteiger partial charge in [-0.3, -0.25) is 4.40 Å². The lowest BCUT2D eigenvalue weighted by Crippen LogP contribution is -2.47. The third-order valence-electron chi connectivity index (χ3n) is 5.21. The molecule has 3 aromatic heterocycles. The van der Waals surface area contributed by atoms with Crippen molar-refractivity contribution in [3.63, 3.8) is 0 Å². The van der Waals surface area contributed by atoms with Crippen LogP contribution in [0.4, 0.5) is 4.79 Å². The number of hydrogen-bond acceptors (Lipinski definition) is 4. The maximum absolute atomic E-state index is 12.6. The molecule has 8 nitrogen and oxygen atoms in total. The molecular weight excluding hydrogens is 306 g/mol. The SMILES string of the molecule is O=C(NC1CCC1)N1CCCC1c1nnc2cnc3[nH]ccc3n12. The lowest BCUT2D eigenvalue weighted by atomic mass is 9.93. The van der Waals surface area contributed by atoms with Crippen LogP contribution < -0.4 is 5.32 Å². The summed E-state index contributed by atoms with van der Waals surface area (Å²) in [4.78, 5) is 22.0. The molecule has 1 aliphatic carbocycles. The number of aromatic amines is 1. The summed E-state index contributed by atoms with van der Waals surface area (Å²) >= 11 is 0. The number of likely N-dealkylation sites (tertiary alicyclic amines) is 1. The fraction of sp³-hybridized carbons (Fsp3) is 0.500. The van der Waals surface area contributed by atoms with Gasteiger partial charge in [-0.05, 0) is 38.2 Å². The molecule has 1 atom stereocenters. The average Bonchev–Trinajstić information content (AvgIpc) is 3.25. The lowest BCUT2D eigenvalue weighted by Gasteiger charge is -2.31. The fourth-order valence-electron chi connectivity index (χ4n) is 3.70. The van der Waals surface area contributed by atoms with Crippen LogP contribution >= 0.6 is 0 Å². The maximum atomic E-state index is 12.6. The molecule has 2 N–H and O–H groups in total. The Balaban J connectivity index is 1.53. The van der Waals surface area contributed by atoms with Crippen LogP contribution in [0.15, 0.2) is 18.5 Å². The molecule has 24 heavy (non-hydrogen) atoms. The summed E-state index contributed by atoms with van der Waals surface area (Å²) in [6, 6.07) is 2.30. The smallest absolute Gasteiger partial charge is 0.318 e. The molecule has 0 spiro atoms. The van der Waals surface area contributed by atoms with Gasteiger partial charge in [0.1, 0.15) is 0 Å². The van der Waals surface area contributed by atoms with Crippen molar-refractivity contribution in [2.45, 2.75) is 44.2 Å². The molecule has 8 heteroatoms. The molecule has 124 valence electrons. The highest BCUT2D eigenvalue weighted by Gasteiger charge is 2.35. The number of rotatable bonds is 2. The highest BCUT2D eigenvalue weighted by atomic mass is 16.2. The average molecular weight is 325 g/mol. The third-order valence-corrected chi connectivity index (χ3v) is 5.21. The van der Waals surface area contributed by atoms with Crippen molar-refractivity contribution in [1.82, 2.24) is 34.8 Å². The Morgan fingerprint density at radius 3 is 3.00 bits per heavy atom. The fourth-order valence-corrected chi connectivity index (χ4v) is 3.70. The molecule has 0 aromatic carbocycles. The first kappa shape index (κ1) is 13.8. The summed E-state index contributed by atoms with van der Waals surface area (Å²) in [5.74, 6) is 0.818. The van der Waals surface area contributed by atoms with Gasteiger partial charge in [-0.15, -0.1) is 10.2 Å². The second kappa shape index (κ2) is 5.19. The van der Waals surface area contributed by atoms with Gasteiger partial charge in [-0.25, -0.2) is 9.78 Å². The van der Waals surface area contributed by atoms with E-state index in [-0.39, 0.29) is 12.1 Å². The standard InChI is InChI=1S/C16H19N7O/c24-16(19-10-3-1-4-10)22-8-2-5-12(22)15-21-20-13-9-18-14-11(23(13)15)6-7-17-14/h6-7,9-10,12,17H,1-5,8H2,(H,19,24). The van der Waals surface area contributed by atoms with Crippen molar-refractivity contribution in [3.05, 3.63) is 24.3 Å². The Bertz CT molecular complexity index is 910.